The summed E-state index contributed by atoms with van der Waals surface area (Å²) in [7, 11) is 1.29. The van der Waals surface area contributed by atoms with Crippen molar-refractivity contribution in [2.75, 3.05) is 17.7 Å². The van der Waals surface area contributed by atoms with E-state index in [9.17, 15) is 9.59 Å². The number of carbonyl (C=O) groups is 2. The van der Waals surface area contributed by atoms with Gasteiger partial charge in [-0.25, -0.2) is 9.59 Å². The van der Waals surface area contributed by atoms with Gasteiger partial charge in [-0.1, -0.05) is 35.3 Å². The van der Waals surface area contributed by atoms with Gasteiger partial charge >= 0.3 is 12.0 Å². The van der Waals surface area contributed by atoms with Gasteiger partial charge in [-0.3, -0.25) is 0 Å². The molecule has 0 aromatic heterocycles. The first kappa shape index (κ1) is 16.1. The van der Waals surface area contributed by atoms with Crippen LogP contribution < -0.4 is 10.6 Å². The number of ether oxygens (including phenoxy) is 1. The Labute approximate surface area is 137 Å². The number of hydrogen-bond acceptors (Lipinski definition) is 3. The molecule has 0 radical (unpaired) electrons. The summed E-state index contributed by atoms with van der Waals surface area (Å²) in [6.07, 6.45) is 0. The van der Waals surface area contributed by atoms with Crippen molar-refractivity contribution in [3.05, 3.63) is 58.1 Å². The van der Waals surface area contributed by atoms with Crippen molar-refractivity contribution in [1.29, 1.82) is 0 Å². The number of methoxy groups -OCH3 is 1. The topological polar surface area (TPSA) is 67.4 Å². The number of hydrogen-bond donors (Lipinski definition) is 2. The Kier molecular flexibility index (Phi) is 5.25. The van der Waals surface area contributed by atoms with Gasteiger partial charge in [0.15, 0.2) is 0 Å². The zero-order valence-electron chi connectivity index (χ0n) is 11.5. The number of halogens is 2. The van der Waals surface area contributed by atoms with Gasteiger partial charge in [0.05, 0.1) is 28.4 Å². The predicted octanol–water partition coefficient (Wildman–Crippen LogP) is 4.42. The molecular weight excluding hydrogens is 327 g/mol. The summed E-state index contributed by atoms with van der Waals surface area (Å²) in [5.41, 5.74) is 1.08. The third-order valence-corrected chi connectivity index (χ3v) is 3.37. The maximum Gasteiger partial charge on any atom is 0.337 e. The van der Waals surface area contributed by atoms with E-state index in [1.165, 1.54) is 13.2 Å². The van der Waals surface area contributed by atoms with Gasteiger partial charge in [0.1, 0.15) is 0 Å². The summed E-state index contributed by atoms with van der Waals surface area (Å²) >= 11 is 11.9. The van der Waals surface area contributed by atoms with Crippen LogP contribution in [0.4, 0.5) is 16.2 Å². The van der Waals surface area contributed by atoms with E-state index in [4.69, 9.17) is 23.2 Å². The average Bonchev–Trinajstić information content (AvgIpc) is 2.50. The van der Waals surface area contributed by atoms with E-state index in [0.717, 1.165) is 0 Å². The van der Waals surface area contributed by atoms with Crippen LogP contribution in [0.1, 0.15) is 10.4 Å². The molecule has 7 heteroatoms. The van der Waals surface area contributed by atoms with Crippen LogP contribution in [0.2, 0.25) is 10.0 Å². The normalized spacial score (nSPS) is 9.95. The molecule has 0 atom stereocenters. The fraction of sp³-hybridized carbons (Fsp3) is 0.0667. The zero-order chi connectivity index (χ0) is 16.1. The maximum atomic E-state index is 12.0. The molecule has 5 nitrogen and oxygen atoms in total. The van der Waals surface area contributed by atoms with Crippen LogP contribution in [0.15, 0.2) is 42.5 Å². The second-order valence-electron chi connectivity index (χ2n) is 4.25. The average molecular weight is 339 g/mol. The lowest BCUT2D eigenvalue weighted by Gasteiger charge is -2.11. The molecular formula is C15H12Cl2N2O3. The van der Waals surface area contributed by atoms with Crippen LogP contribution in [0.5, 0.6) is 0 Å². The molecule has 0 heterocycles. The monoisotopic (exact) mass is 338 g/mol. The predicted molar refractivity (Wildman–Crippen MR) is 86.9 cm³/mol. The first-order chi connectivity index (χ1) is 10.5. The number of rotatable bonds is 3. The molecule has 22 heavy (non-hydrogen) atoms. The van der Waals surface area contributed by atoms with Crippen LogP contribution in [0.25, 0.3) is 0 Å². The Morgan fingerprint density at radius 1 is 1.00 bits per heavy atom. The Bertz CT molecular complexity index is 699. The van der Waals surface area contributed by atoms with Gasteiger partial charge in [0, 0.05) is 5.69 Å². The minimum absolute atomic E-state index is 0.312. The highest BCUT2D eigenvalue weighted by Crippen LogP contribution is 2.29. The Hall–Kier alpha value is -2.24. The van der Waals surface area contributed by atoms with E-state index in [0.29, 0.717) is 27.0 Å². The molecule has 2 rings (SSSR count). The molecule has 0 aliphatic rings. The van der Waals surface area contributed by atoms with Crippen molar-refractivity contribution in [1.82, 2.24) is 0 Å². The van der Waals surface area contributed by atoms with Crippen LogP contribution in [0, 0.1) is 0 Å². The van der Waals surface area contributed by atoms with E-state index >= 15 is 0 Å². The van der Waals surface area contributed by atoms with E-state index in [2.05, 4.69) is 15.4 Å². The molecule has 0 unspecified atom stereocenters. The van der Waals surface area contributed by atoms with Crippen molar-refractivity contribution in [2.45, 2.75) is 0 Å². The highest BCUT2D eigenvalue weighted by atomic mass is 35.5. The van der Waals surface area contributed by atoms with Crippen LogP contribution in [0.3, 0.4) is 0 Å². The molecule has 0 spiro atoms. The second kappa shape index (κ2) is 7.15. The lowest BCUT2D eigenvalue weighted by molar-refractivity contribution is 0.0600. The summed E-state index contributed by atoms with van der Waals surface area (Å²) < 4.78 is 4.62. The van der Waals surface area contributed by atoms with Crippen molar-refractivity contribution in [3.8, 4) is 0 Å². The largest absolute Gasteiger partial charge is 0.465 e. The van der Waals surface area contributed by atoms with Gasteiger partial charge < -0.3 is 15.4 Å². The van der Waals surface area contributed by atoms with Crippen molar-refractivity contribution in [2.24, 2.45) is 0 Å². The first-order valence-corrected chi connectivity index (χ1v) is 6.97. The van der Waals surface area contributed by atoms with Crippen LogP contribution in [-0.4, -0.2) is 19.1 Å². The van der Waals surface area contributed by atoms with Crippen molar-refractivity contribution >= 4 is 46.6 Å². The molecule has 0 saturated carbocycles. The summed E-state index contributed by atoms with van der Waals surface area (Å²) in [5.74, 6) is -0.488. The smallest absolute Gasteiger partial charge is 0.337 e. The third kappa shape index (κ3) is 3.90. The molecule has 0 aliphatic heterocycles. The number of esters is 1. The fourth-order valence-electron chi connectivity index (χ4n) is 1.73. The number of benzene rings is 2. The summed E-state index contributed by atoms with van der Waals surface area (Å²) in [6.45, 7) is 0. The molecule has 114 valence electrons. The molecule has 0 bridgehead atoms. The van der Waals surface area contributed by atoms with E-state index in [1.54, 1.807) is 36.4 Å². The summed E-state index contributed by atoms with van der Waals surface area (Å²) in [6, 6.07) is 10.7. The Morgan fingerprint density at radius 3 is 2.27 bits per heavy atom. The number of para-hydroxylation sites is 1. The SMILES string of the molecule is COC(=O)c1cccc(NC(=O)Nc2c(Cl)cccc2Cl)c1. The number of amides is 2. The second-order valence-corrected chi connectivity index (χ2v) is 5.06. The van der Waals surface area contributed by atoms with Gasteiger partial charge in [0.25, 0.3) is 0 Å². The summed E-state index contributed by atoms with van der Waals surface area (Å²) in [5, 5.41) is 5.80. The molecule has 2 N–H and O–H groups in total. The number of anilines is 2. The van der Waals surface area contributed by atoms with Crippen molar-refractivity contribution < 1.29 is 14.3 Å². The lowest BCUT2D eigenvalue weighted by Crippen LogP contribution is -2.20. The minimum Gasteiger partial charge on any atom is -0.465 e. The minimum atomic E-state index is -0.531. The number of carbonyl (C=O) groups excluding carboxylic acids is 2. The maximum absolute atomic E-state index is 12.0. The van der Waals surface area contributed by atoms with E-state index in [-0.39, 0.29) is 0 Å². The molecule has 0 saturated heterocycles. The number of nitrogens with one attached hydrogen (secondary N) is 2. The van der Waals surface area contributed by atoms with Crippen LogP contribution in [-0.2, 0) is 4.74 Å². The molecule has 0 aliphatic carbocycles. The quantitative estimate of drug-likeness (QED) is 0.813. The standard InChI is InChI=1S/C15H12Cl2N2O3/c1-22-14(20)9-4-2-5-10(8-9)18-15(21)19-13-11(16)6-3-7-12(13)17/h2-8H,1H3,(H2,18,19,21). The van der Waals surface area contributed by atoms with Gasteiger partial charge in [-0.2, -0.15) is 0 Å². The molecule has 0 fully saturated rings. The summed E-state index contributed by atoms with van der Waals surface area (Å²) in [4.78, 5) is 23.4. The van der Waals surface area contributed by atoms with E-state index in [1.807, 2.05) is 0 Å². The van der Waals surface area contributed by atoms with E-state index < -0.39 is 12.0 Å². The van der Waals surface area contributed by atoms with Crippen molar-refractivity contribution in [3.63, 3.8) is 0 Å². The fourth-order valence-corrected chi connectivity index (χ4v) is 2.23. The van der Waals surface area contributed by atoms with Gasteiger partial charge in [-0.15, -0.1) is 0 Å². The first-order valence-electron chi connectivity index (χ1n) is 6.21. The lowest BCUT2D eigenvalue weighted by atomic mass is 10.2. The zero-order valence-corrected chi connectivity index (χ0v) is 13.0. The number of urea groups is 1. The highest BCUT2D eigenvalue weighted by Gasteiger charge is 2.11. The molecule has 2 aromatic rings. The van der Waals surface area contributed by atoms with Gasteiger partial charge in [0.2, 0.25) is 0 Å². The third-order valence-electron chi connectivity index (χ3n) is 2.74. The van der Waals surface area contributed by atoms with Crippen LogP contribution >= 0.6 is 23.2 Å². The Morgan fingerprint density at radius 2 is 1.64 bits per heavy atom. The highest BCUT2D eigenvalue weighted by molar-refractivity contribution is 6.39. The van der Waals surface area contributed by atoms with Gasteiger partial charge in [-0.05, 0) is 30.3 Å². The molecule has 2 amide bonds. The Balaban J connectivity index is 2.11. The molecule has 2 aromatic carbocycles.